The number of benzene rings is 1. The van der Waals surface area contributed by atoms with Gasteiger partial charge in [-0.2, -0.15) is 9.29 Å². The predicted octanol–water partition coefficient (Wildman–Crippen LogP) is 2.85. The van der Waals surface area contributed by atoms with E-state index >= 15 is 0 Å². The molecule has 0 N–H and O–H groups in total. The van der Waals surface area contributed by atoms with Crippen LogP contribution in [0.4, 0.5) is 4.39 Å². The molecule has 0 saturated carbocycles. The van der Waals surface area contributed by atoms with Crippen LogP contribution in [0.1, 0.15) is 4.88 Å². The molecule has 0 unspecified atom stereocenters. The molecule has 4 rings (SSSR count). The molecule has 3 heterocycles. The average Bonchev–Trinajstić information content (AvgIpc) is 3.29. The van der Waals surface area contributed by atoms with Gasteiger partial charge < -0.3 is 9.42 Å². The Labute approximate surface area is 166 Å². The number of sulfonamides is 1. The molecule has 148 valence electrons. The Morgan fingerprint density at radius 2 is 1.93 bits per heavy atom. The lowest BCUT2D eigenvalue weighted by molar-refractivity contribution is 0.222. The fourth-order valence-corrected chi connectivity index (χ4v) is 5.97. The lowest BCUT2D eigenvalue weighted by atomic mass is 10.2. The van der Waals surface area contributed by atoms with Gasteiger partial charge in [0.05, 0.1) is 9.77 Å². The number of hydrogen-bond acceptors (Lipinski definition) is 7. The van der Waals surface area contributed by atoms with Crippen molar-refractivity contribution in [3.8, 4) is 22.2 Å². The normalized spacial score (nSPS) is 16.5. The van der Waals surface area contributed by atoms with Crippen LogP contribution in [0.2, 0.25) is 0 Å². The first-order valence-corrected chi connectivity index (χ1v) is 11.0. The van der Waals surface area contributed by atoms with Gasteiger partial charge in [-0.05, 0) is 32.2 Å². The fourth-order valence-electron chi connectivity index (χ4n) is 3.06. The molecule has 1 aliphatic heterocycles. The maximum atomic E-state index is 13.4. The summed E-state index contributed by atoms with van der Waals surface area (Å²) in [6.07, 6.45) is 0. The van der Waals surface area contributed by atoms with Gasteiger partial charge >= 0.3 is 0 Å². The summed E-state index contributed by atoms with van der Waals surface area (Å²) in [4.78, 5) is 7.91. The van der Waals surface area contributed by atoms with Crippen LogP contribution in [-0.4, -0.2) is 61.0 Å². The largest absolute Gasteiger partial charge is 0.333 e. The second-order valence-electron chi connectivity index (χ2n) is 6.67. The summed E-state index contributed by atoms with van der Waals surface area (Å²) in [5.74, 6) is 0.0765. The Morgan fingerprint density at radius 1 is 1.18 bits per heavy atom. The minimum atomic E-state index is -3.58. The van der Waals surface area contributed by atoms with E-state index in [1.165, 1.54) is 27.8 Å². The molecule has 1 aromatic carbocycles. The van der Waals surface area contributed by atoms with Crippen molar-refractivity contribution in [3.05, 3.63) is 41.0 Å². The van der Waals surface area contributed by atoms with Gasteiger partial charge in [0.1, 0.15) is 5.82 Å². The van der Waals surface area contributed by atoms with Crippen molar-refractivity contribution in [3.63, 3.8) is 0 Å². The number of hydrogen-bond donors (Lipinski definition) is 0. The topological polar surface area (TPSA) is 79.5 Å². The van der Waals surface area contributed by atoms with E-state index in [1.807, 2.05) is 7.05 Å². The number of halogens is 1. The number of rotatable bonds is 4. The van der Waals surface area contributed by atoms with E-state index in [0.29, 0.717) is 41.5 Å². The van der Waals surface area contributed by atoms with E-state index < -0.39 is 15.8 Å². The van der Waals surface area contributed by atoms with Crippen LogP contribution in [0.5, 0.6) is 0 Å². The second-order valence-corrected chi connectivity index (χ2v) is 9.83. The van der Waals surface area contributed by atoms with Gasteiger partial charge in [-0.15, -0.1) is 11.3 Å². The minimum Gasteiger partial charge on any atom is -0.333 e. The zero-order chi connectivity index (χ0) is 19.9. The smallest absolute Gasteiger partial charge is 0.268 e. The standard InChI is InChI=1S/C18H19FN4O3S2/c1-12-16(28(24,25)23-8-6-22(2)7-9-23)11-15(27-12)18-20-17(21-26-18)13-4-3-5-14(19)10-13/h3-5,10-11H,6-9H2,1-2H3. The summed E-state index contributed by atoms with van der Waals surface area (Å²) in [5.41, 5.74) is 0.494. The van der Waals surface area contributed by atoms with Crippen molar-refractivity contribution in [2.75, 3.05) is 33.2 Å². The molecule has 1 aliphatic rings. The molecule has 0 radical (unpaired) electrons. The van der Waals surface area contributed by atoms with Gasteiger partial charge in [-0.1, -0.05) is 17.3 Å². The lowest BCUT2D eigenvalue weighted by Crippen LogP contribution is -2.47. The first-order valence-electron chi connectivity index (χ1n) is 8.74. The van der Waals surface area contributed by atoms with E-state index in [9.17, 15) is 12.8 Å². The molecule has 0 atom stereocenters. The zero-order valence-electron chi connectivity index (χ0n) is 15.4. The molecule has 3 aromatic rings. The van der Waals surface area contributed by atoms with E-state index in [0.717, 1.165) is 0 Å². The number of likely N-dealkylation sites (N-methyl/N-ethyl adjacent to an activating group) is 1. The molecule has 2 aromatic heterocycles. The number of aryl methyl sites for hydroxylation is 1. The van der Waals surface area contributed by atoms with Gasteiger partial charge in [0.15, 0.2) is 0 Å². The highest BCUT2D eigenvalue weighted by Crippen LogP contribution is 2.35. The Morgan fingerprint density at radius 3 is 2.64 bits per heavy atom. The van der Waals surface area contributed by atoms with Gasteiger partial charge in [-0.25, -0.2) is 12.8 Å². The highest BCUT2D eigenvalue weighted by atomic mass is 32.2. The number of piperazine rings is 1. The first kappa shape index (κ1) is 19.2. The summed E-state index contributed by atoms with van der Waals surface area (Å²) in [5, 5.41) is 3.89. The molecule has 0 amide bonds. The zero-order valence-corrected chi connectivity index (χ0v) is 17.1. The molecule has 7 nitrogen and oxygen atoms in total. The van der Waals surface area contributed by atoms with E-state index in [4.69, 9.17) is 4.52 Å². The predicted molar refractivity (Wildman–Crippen MR) is 104 cm³/mol. The Hall–Kier alpha value is -2.14. The van der Waals surface area contributed by atoms with E-state index in [2.05, 4.69) is 15.0 Å². The third-order valence-electron chi connectivity index (χ3n) is 4.67. The molecule has 0 aliphatic carbocycles. The molecule has 0 bridgehead atoms. The van der Waals surface area contributed by atoms with Gasteiger partial charge in [0, 0.05) is 36.6 Å². The molecular formula is C18H19FN4O3S2. The second kappa shape index (κ2) is 7.36. The van der Waals surface area contributed by atoms with Crippen molar-refractivity contribution >= 4 is 21.4 Å². The number of aromatic nitrogens is 2. The highest BCUT2D eigenvalue weighted by Gasteiger charge is 2.30. The minimum absolute atomic E-state index is 0.215. The first-order chi connectivity index (χ1) is 13.3. The maximum Gasteiger partial charge on any atom is 0.268 e. The van der Waals surface area contributed by atoms with Crippen LogP contribution < -0.4 is 0 Å². The van der Waals surface area contributed by atoms with Crippen molar-refractivity contribution < 1.29 is 17.3 Å². The van der Waals surface area contributed by atoms with E-state index in [1.54, 1.807) is 25.1 Å². The van der Waals surface area contributed by atoms with Crippen LogP contribution in [0.3, 0.4) is 0 Å². The van der Waals surface area contributed by atoms with Gasteiger partial charge in [0.2, 0.25) is 15.8 Å². The molecule has 0 spiro atoms. The molecule has 28 heavy (non-hydrogen) atoms. The van der Waals surface area contributed by atoms with Crippen molar-refractivity contribution in [2.45, 2.75) is 11.8 Å². The lowest BCUT2D eigenvalue weighted by Gasteiger charge is -2.31. The van der Waals surface area contributed by atoms with Crippen LogP contribution in [0.25, 0.3) is 22.2 Å². The quantitative estimate of drug-likeness (QED) is 0.643. The Kier molecular flexibility index (Phi) is 5.04. The summed E-state index contributed by atoms with van der Waals surface area (Å²) in [6.45, 7) is 4.11. The molecule has 10 heteroatoms. The van der Waals surface area contributed by atoms with Gasteiger partial charge in [-0.3, -0.25) is 0 Å². The third-order valence-corrected chi connectivity index (χ3v) is 7.86. The van der Waals surface area contributed by atoms with Crippen molar-refractivity contribution in [1.29, 1.82) is 0 Å². The number of thiophene rings is 1. The summed E-state index contributed by atoms with van der Waals surface area (Å²) in [6, 6.07) is 7.48. The maximum absolute atomic E-state index is 13.4. The van der Waals surface area contributed by atoms with E-state index in [-0.39, 0.29) is 16.6 Å². The van der Waals surface area contributed by atoms with Gasteiger partial charge in [0.25, 0.3) is 5.89 Å². The van der Waals surface area contributed by atoms with Crippen LogP contribution in [0, 0.1) is 12.7 Å². The van der Waals surface area contributed by atoms with Crippen molar-refractivity contribution in [1.82, 2.24) is 19.3 Å². The summed E-state index contributed by atoms with van der Waals surface area (Å²) >= 11 is 1.28. The highest BCUT2D eigenvalue weighted by molar-refractivity contribution is 7.89. The van der Waals surface area contributed by atoms with Crippen LogP contribution >= 0.6 is 11.3 Å². The molecule has 1 fully saturated rings. The van der Waals surface area contributed by atoms with Crippen molar-refractivity contribution in [2.24, 2.45) is 0 Å². The molecule has 1 saturated heterocycles. The summed E-state index contributed by atoms with van der Waals surface area (Å²) in [7, 11) is -1.60. The monoisotopic (exact) mass is 422 g/mol. The van der Waals surface area contributed by atoms with Crippen LogP contribution in [0.15, 0.2) is 39.8 Å². The number of nitrogens with zero attached hydrogens (tertiary/aromatic N) is 4. The fraction of sp³-hybridized carbons (Fsp3) is 0.333. The Balaban J connectivity index is 1.63. The average molecular weight is 423 g/mol. The summed E-state index contributed by atoms with van der Waals surface area (Å²) < 4.78 is 46.3. The third kappa shape index (κ3) is 3.60. The Bertz CT molecular complexity index is 1100. The van der Waals surface area contributed by atoms with Crippen LogP contribution in [-0.2, 0) is 10.0 Å². The SMILES string of the molecule is Cc1sc(-c2nc(-c3cccc(F)c3)no2)cc1S(=O)(=O)N1CCN(C)CC1. The molecular weight excluding hydrogens is 403 g/mol.